The molecule has 0 atom stereocenters. The van der Waals surface area contributed by atoms with Crippen LogP contribution in [0.15, 0.2) is 53.7 Å². The van der Waals surface area contributed by atoms with Crippen molar-refractivity contribution in [2.75, 3.05) is 12.3 Å². The molecule has 7 heteroatoms. The number of alkyl halides is 2. The SMILES string of the molecule is O=C(CSc1nc2ccccc2n1C(F)F)N1CCc2ccccc2C1. The monoisotopic (exact) mass is 373 g/mol. The molecule has 0 radical (unpaired) electrons. The third kappa shape index (κ3) is 3.19. The molecule has 2 aromatic carbocycles. The number of imidazole rings is 1. The van der Waals surface area contributed by atoms with E-state index in [4.69, 9.17) is 0 Å². The number of fused-ring (bicyclic) bond motifs is 2. The number of benzene rings is 2. The average molecular weight is 373 g/mol. The first-order valence-corrected chi connectivity index (χ1v) is 9.34. The lowest BCUT2D eigenvalue weighted by atomic mass is 10.00. The zero-order chi connectivity index (χ0) is 18.1. The van der Waals surface area contributed by atoms with Crippen molar-refractivity contribution in [3.05, 3.63) is 59.7 Å². The first-order valence-electron chi connectivity index (χ1n) is 8.36. The molecular formula is C19H17F2N3OS. The van der Waals surface area contributed by atoms with E-state index in [1.54, 1.807) is 29.2 Å². The van der Waals surface area contributed by atoms with E-state index >= 15 is 0 Å². The zero-order valence-corrected chi connectivity index (χ0v) is 14.8. The average Bonchev–Trinajstić information content (AvgIpc) is 3.04. The van der Waals surface area contributed by atoms with E-state index in [1.807, 2.05) is 18.2 Å². The molecule has 4 nitrogen and oxygen atoms in total. The molecule has 3 aromatic rings. The van der Waals surface area contributed by atoms with Gasteiger partial charge in [-0.3, -0.25) is 9.36 Å². The standard InChI is InChI=1S/C19H17F2N3OS/c20-18(21)24-16-8-4-3-7-15(16)22-19(24)26-12-17(25)23-10-9-13-5-1-2-6-14(13)11-23/h1-8,18H,9-12H2. The van der Waals surface area contributed by atoms with Gasteiger partial charge in [-0.2, -0.15) is 8.78 Å². The van der Waals surface area contributed by atoms with Gasteiger partial charge in [0.2, 0.25) is 5.91 Å². The summed E-state index contributed by atoms with van der Waals surface area (Å²) in [6, 6.07) is 14.8. The largest absolute Gasteiger partial charge is 0.337 e. The molecule has 1 aliphatic heterocycles. The van der Waals surface area contributed by atoms with E-state index in [0.717, 1.165) is 28.3 Å². The van der Waals surface area contributed by atoms with Crippen molar-refractivity contribution in [1.82, 2.24) is 14.5 Å². The van der Waals surface area contributed by atoms with Gasteiger partial charge in [-0.05, 0) is 29.7 Å². The molecular weight excluding hydrogens is 356 g/mol. The van der Waals surface area contributed by atoms with E-state index in [0.29, 0.717) is 24.1 Å². The number of hydrogen-bond donors (Lipinski definition) is 0. The van der Waals surface area contributed by atoms with E-state index < -0.39 is 6.55 Å². The Labute approximate surface area is 153 Å². The van der Waals surface area contributed by atoms with Crippen LogP contribution in [0.3, 0.4) is 0 Å². The summed E-state index contributed by atoms with van der Waals surface area (Å²) in [6.07, 6.45) is 0.822. The quantitative estimate of drug-likeness (QED) is 0.646. The van der Waals surface area contributed by atoms with Crippen molar-refractivity contribution < 1.29 is 13.6 Å². The minimum absolute atomic E-state index is 0.0580. The summed E-state index contributed by atoms with van der Waals surface area (Å²) in [5.41, 5.74) is 3.31. The van der Waals surface area contributed by atoms with Gasteiger partial charge in [-0.1, -0.05) is 48.2 Å². The second kappa shape index (κ2) is 7.07. The van der Waals surface area contributed by atoms with Crippen LogP contribution in [-0.2, 0) is 17.8 Å². The van der Waals surface area contributed by atoms with Crippen LogP contribution in [0.25, 0.3) is 11.0 Å². The van der Waals surface area contributed by atoms with E-state index in [2.05, 4.69) is 11.1 Å². The molecule has 0 saturated heterocycles. The van der Waals surface area contributed by atoms with E-state index in [-0.39, 0.29) is 16.8 Å². The van der Waals surface area contributed by atoms with Gasteiger partial charge in [0.25, 0.3) is 0 Å². The molecule has 4 rings (SSSR count). The fourth-order valence-corrected chi connectivity index (χ4v) is 4.15. The first-order chi connectivity index (χ1) is 12.6. The highest BCUT2D eigenvalue weighted by Gasteiger charge is 2.23. The maximum atomic E-state index is 13.4. The van der Waals surface area contributed by atoms with Crippen LogP contribution in [0.2, 0.25) is 0 Å². The molecule has 0 N–H and O–H groups in total. The Balaban J connectivity index is 1.49. The van der Waals surface area contributed by atoms with Gasteiger partial charge in [0.1, 0.15) is 0 Å². The van der Waals surface area contributed by atoms with Gasteiger partial charge in [0, 0.05) is 13.1 Å². The Morgan fingerprint density at radius 2 is 1.85 bits per heavy atom. The van der Waals surface area contributed by atoms with Gasteiger partial charge >= 0.3 is 6.55 Å². The van der Waals surface area contributed by atoms with Crippen LogP contribution in [0.5, 0.6) is 0 Å². The summed E-state index contributed by atoms with van der Waals surface area (Å²) >= 11 is 1.06. The Bertz CT molecular complexity index is 957. The van der Waals surface area contributed by atoms with Gasteiger partial charge in [0.15, 0.2) is 5.16 Å². The number of para-hydroxylation sites is 2. The van der Waals surface area contributed by atoms with E-state index in [9.17, 15) is 13.6 Å². The van der Waals surface area contributed by atoms with Crippen LogP contribution < -0.4 is 0 Å². The lowest BCUT2D eigenvalue weighted by molar-refractivity contribution is -0.129. The van der Waals surface area contributed by atoms with Crippen molar-refractivity contribution in [3.63, 3.8) is 0 Å². The topological polar surface area (TPSA) is 38.1 Å². The Morgan fingerprint density at radius 3 is 2.65 bits per heavy atom. The number of rotatable bonds is 4. The third-order valence-electron chi connectivity index (χ3n) is 4.57. The summed E-state index contributed by atoms with van der Waals surface area (Å²) in [4.78, 5) is 18.6. The van der Waals surface area contributed by atoms with Gasteiger partial charge in [-0.15, -0.1) is 0 Å². The minimum Gasteiger partial charge on any atom is -0.337 e. The molecule has 0 saturated carbocycles. The number of halogens is 2. The molecule has 0 fully saturated rings. The molecule has 26 heavy (non-hydrogen) atoms. The maximum Gasteiger partial charge on any atom is 0.321 e. The van der Waals surface area contributed by atoms with Crippen molar-refractivity contribution in [3.8, 4) is 0 Å². The number of thioether (sulfide) groups is 1. The molecule has 2 heterocycles. The number of amides is 1. The Morgan fingerprint density at radius 1 is 1.12 bits per heavy atom. The Hall–Kier alpha value is -2.41. The van der Waals surface area contributed by atoms with E-state index in [1.165, 1.54) is 5.56 Å². The molecule has 134 valence electrons. The number of aromatic nitrogens is 2. The van der Waals surface area contributed by atoms with Crippen LogP contribution >= 0.6 is 11.8 Å². The minimum atomic E-state index is -2.69. The van der Waals surface area contributed by atoms with Crippen LogP contribution in [-0.4, -0.2) is 32.7 Å². The summed E-state index contributed by atoms with van der Waals surface area (Å²) < 4.78 is 27.8. The molecule has 0 bridgehead atoms. The van der Waals surface area contributed by atoms with Gasteiger partial charge < -0.3 is 4.90 Å². The number of hydrogen-bond acceptors (Lipinski definition) is 3. The summed E-state index contributed by atoms with van der Waals surface area (Å²) in [5.74, 6) is 0.0375. The normalized spacial score (nSPS) is 14.0. The predicted octanol–water partition coefficient (Wildman–Crippen LogP) is 4.11. The van der Waals surface area contributed by atoms with Crippen molar-refractivity contribution >= 4 is 28.7 Å². The number of nitrogens with zero attached hydrogens (tertiary/aromatic N) is 3. The maximum absolute atomic E-state index is 13.4. The highest BCUT2D eigenvalue weighted by atomic mass is 32.2. The number of carbonyl (C=O) groups excluding carboxylic acids is 1. The zero-order valence-electron chi connectivity index (χ0n) is 13.9. The molecule has 1 amide bonds. The van der Waals surface area contributed by atoms with Crippen LogP contribution in [0, 0.1) is 0 Å². The molecule has 1 aromatic heterocycles. The summed E-state index contributed by atoms with van der Waals surface area (Å²) in [5, 5.41) is 0.173. The van der Waals surface area contributed by atoms with Gasteiger partial charge in [0.05, 0.1) is 16.8 Å². The summed E-state index contributed by atoms with van der Waals surface area (Å²) in [7, 11) is 0. The first kappa shape index (κ1) is 17.0. The molecule has 0 spiro atoms. The lowest BCUT2D eigenvalue weighted by Crippen LogP contribution is -2.37. The van der Waals surface area contributed by atoms with Crippen LogP contribution in [0.1, 0.15) is 17.7 Å². The third-order valence-corrected chi connectivity index (χ3v) is 5.50. The predicted molar refractivity (Wildman–Crippen MR) is 97.3 cm³/mol. The van der Waals surface area contributed by atoms with Crippen LogP contribution in [0.4, 0.5) is 8.78 Å². The highest BCUT2D eigenvalue weighted by molar-refractivity contribution is 7.99. The fourth-order valence-electron chi connectivity index (χ4n) is 3.24. The van der Waals surface area contributed by atoms with Crippen molar-refractivity contribution in [2.45, 2.75) is 24.7 Å². The highest BCUT2D eigenvalue weighted by Crippen LogP contribution is 2.29. The smallest absolute Gasteiger partial charge is 0.321 e. The fraction of sp³-hybridized carbons (Fsp3) is 0.263. The summed E-state index contributed by atoms with van der Waals surface area (Å²) in [6.45, 7) is -1.47. The van der Waals surface area contributed by atoms with Crippen molar-refractivity contribution in [1.29, 1.82) is 0 Å². The second-order valence-corrected chi connectivity index (χ2v) is 7.10. The van der Waals surface area contributed by atoms with Gasteiger partial charge in [-0.25, -0.2) is 4.98 Å². The molecule has 0 unspecified atom stereocenters. The molecule has 0 aliphatic carbocycles. The second-order valence-electron chi connectivity index (χ2n) is 6.15. The molecule has 1 aliphatic rings. The lowest BCUT2D eigenvalue weighted by Gasteiger charge is -2.28. The Kier molecular flexibility index (Phi) is 4.63. The van der Waals surface area contributed by atoms with Crippen molar-refractivity contribution in [2.24, 2.45) is 0 Å². The number of carbonyl (C=O) groups is 1.